The van der Waals surface area contributed by atoms with Crippen LogP contribution in [-0.4, -0.2) is 355 Å². The molecule has 5 fully saturated rings. The first-order valence-corrected chi connectivity index (χ1v) is 44.3. The Morgan fingerprint density at radius 2 is 0.862 bits per heavy atom. The van der Waals surface area contributed by atoms with Gasteiger partial charge in [-0.15, -0.1) is 0 Å². The Morgan fingerprint density at radius 1 is 0.463 bits per heavy atom. The summed E-state index contributed by atoms with van der Waals surface area (Å²) in [5, 5.41) is 143. The van der Waals surface area contributed by atoms with Crippen LogP contribution in [0.3, 0.4) is 0 Å². The van der Waals surface area contributed by atoms with Crippen LogP contribution in [0.15, 0.2) is 0 Å². The summed E-state index contributed by atoms with van der Waals surface area (Å²) in [7, 11) is -4.38. The first-order chi connectivity index (χ1) is 58.1. The number of ether oxygens (including phenoxy) is 9. The van der Waals surface area contributed by atoms with E-state index in [1.807, 2.05) is 6.92 Å². The van der Waals surface area contributed by atoms with E-state index >= 15 is 0 Å². The van der Waals surface area contributed by atoms with Crippen LogP contribution in [-0.2, 0) is 99.4 Å². The molecule has 20 N–H and O–H groups in total. The maximum absolute atomic E-state index is 13.7. The number of carbonyl (C=O) groups is 9. The van der Waals surface area contributed by atoms with Gasteiger partial charge < -0.3 is 160 Å². The number of amides is 8. The predicted molar refractivity (Wildman–Crippen MR) is 434 cm³/mol. The number of hydrogen-bond donors (Lipinski definition) is 20. The lowest BCUT2D eigenvalue weighted by molar-refractivity contribution is -0.282. The van der Waals surface area contributed by atoms with Gasteiger partial charge in [0.2, 0.25) is 47.3 Å². The van der Waals surface area contributed by atoms with Crippen molar-refractivity contribution in [3.8, 4) is 0 Å². The Morgan fingerprint density at radius 3 is 1.24 bits per heavy atom. The van der Waals surface area contributed by atoms with Crippen LogP contribution in [0.5, 0.6) is 0 Å². The van der Waals surface area contributed by atoms with Gasteiger partial charge in [-0.3, -0.25) is 47.7 Å². The molecule has 0 aromatic carbocycles. The molecule has 1 saturated heterocycles. The third-order valence-corrected chi connectivity index (χ3v) is 23.0. The third-order valence-electron chi connectivity index (χ3n) is 21.9. The Balaban J connectivity index is 0.000000798. The normalized spacial score (nSPS) is 30.0. The number of phosphoric acid groups is 1. The molecule has 5 aliphatic rings. The Kier molecular flexibility index (Phi) is 50.9. The molecule has 714 valence electrons. The van der Waals surface area contributed by atoms with Gasteiger partial charge in [0.15, 0.2) is 6.29 Å². The van der Waals surface area contributed by atoms with E-state index in [1.165, 1.54) is 20.8 Å². The number of rotatable bonds is 55. The quantitative estimate of drug-likeness (QED) is 0.0155. The van der Waals surface area contributed by atoms with Crippen molar-refractivity contribution in [2.45, 2.75) is 287 Å². The van der Waals surface area contributed by atoms with Crippen LogP contribution >= 0.6 is 7.82 Å². The second-order valence-electron chi connectivity index (χ2n) is 33.9. The molecular weight excluding hydrogens is 1650 g/mol. The van der Waals surface area contributed by atoms with E-state index in [4.69, 9.17) is 51.7 Å². The standard InChI is InChI=1S/C58H104N8O24.C22H41O10P/c1-34(70)63-48-40(24-37(27-67)51(78)54(48)81)87-18-7-15-59-44(74)12-21-84-30-58(66-47(77)11-10-43(73)62-33-90-57(4,5)6,31-85-22-13-45(75)60-16-8-19-88-41-25-38(28-68)52(79)55(82)49(41)64-35(2)71)32-86-23-14-46(76)61-17-9-20-89-42-26-39(29-69)53(80)56(83)50(42)65-36(3)72;1-13(2)32-33(27,28)30-12-16-9-14(3)10-17(16)18(24)7-5-6-8-29-22-15(4)20(25)21(26)19(11-23)31-22/h37-42,48-56,67-69,78-83H,7-33H2,1-6H3,(H,59,74)(H,60,75)(H,61,76)(H,62,73)(H,63,70)(H,64,71)(H,65,72)(H,66,77);13-17,19-23,25-26H,5-12H2,1-4H3,(H,27,28)/p-1/t37?,38?,39?,40-,41-,42-,48?,49?,50?,51+,52+,53+,54-,55-,56-,58?;14-,15?,16+,17?,19?,20?,21?,22?/m11/s1. The number of Topliss-reactive ketones (excluding diaryl/α,β-unsaturated/α-hetero) is 1. The van der Waals surface area contributed by atoms with Crippen molar-refractivity contribution in [1.29, 1.82) is 0 Å². The minimum atomic E-state index is -4.38. The maximum atomic E-state index is 13.7. The number of ketones is 1. The fraction of sp³-hybridized carbons (Fsp3) is 0.887. The summed E-state index contributed by atoms with van der Waals surface area (Å²) in [5.41, 5.74) is -2.10. The molecule has 0 spiro atoms. The van der Waals surface area contributed by atoms with Crippen LogP contribution in [0.1, 0.15) is 172 Å². The van der Waals surface area contributed by atoms with Crippen LogP contribution in [0.4, 0.5) is 0 Å². The number of aliphatic hydroxyl groups excluding tert-OH is 12. The van der Waals surface area contributed by atoms with Crippen LogP contribution in [0, 0.1) is 41.4 Å². The highest BCUT2D eigenvalue weighted by Gasteiger charge is 2.48. The Labute approximate surface area is 720 Å². The molecule has 0 bridgehead atoms. The minimum Gasteiger partial charge on any atom is -0.756 e. The lowest BCUT2D eigenvalue weighted by Gasteiger charge is -2.42. The summed E-state index contributed by atoms with van der Waals surface area (Å²) in [6, 6.07) is -2.79. The van der Waals surface area contributed by atoms with Crippen molar-refractivity contribution >= 4 is 60.9 Å². The number of carbonyl (C=O) groups excluding carboxylic acids is 9. The average molecular weight is 1790 g/mol. The zero-order valence-corrected chi connectivity index (χ0v) is 73.8. The Hall–Kier alpha value is -5.30. The van der Waals surface area contributed by atoms with Gasteiger partial charge in [0.1, 0.15) is 48.6 Å². The first-order valence-electron chi connectivity index (χ1n) is 42.8. The molecule has 0 radical (unpaired) electrons. The second kappa shape index (κ2) is 56.9. The van der Waals surface area contributed by atoms with Crippen molar-refractivity contribution < 1.29 is 166 Å². The topological polar surface area (TPSA) is 634 Å². The lowest BCUT2D eigenvalue weighted by Crippen LogP contribution is -2.61. The predicted octanol–water partition coefficient (Wildman–Crippen LogP) is -4.49. The zero-order valence-electron chi connectivity index (χ0n) is 72.9. The van der Waals surface area contributed by atoms with E-state index in [2.05, 4.69) is 42.5 Å². The molecule has 123 heavy (non-hydrogen) atoms. The first kappa shape index (κ1) is 110. The molecule has 0 aromatic heterocycles. The van der Waals surface area contributed by atoms with E-state index in [0.29, 0.717) is 57.5 Å². The Bertz CT molecular complexity index is 2990. The summed E-state index contributed by atoms with van der Waals surface area (Å²) < 4.78 is 74.3. The van der Waals surface area contributed by atoms with Gasteiger partial charge in [-0.1, -0.05) is 13.8 Å². The molecule has 42 nitrogen and oxygen atoms in total. The van der Waals surface area contributed by atoms with Crippen LogP contribution in [0.25, 0.3) is 0 Å². The van der Waals surface area contributed by atoms with Crippen molar-refractivity contribution in [3.63, 3.8) is 0 Å². The highest BCUT2D eigenvalue weighted by molar-refractivity contribution is 7.45. The molecule has 43 heteroatoms. The van der Waals surface area contributed by atoms with Gasteiger partial charge in [-0.25, -0.2) is 0 Å². The molecule has 4 saturated carbocycles. The van der Waals surface area contributed by atoms with E-state index in [9.17, 15) is 114 Å². The molecular formula is C80H144N8O34P-. The van der Waals surface area contributed by atoms with Gasteiger partial charge in [-0.2, -0.15) is 0 Å². The zero-order chi connectivity index (χ0) is 91.7. The number of aliphatic hydroxyl groups is 12. The third kappa shape index (κ3) is 40.5. The van der Waals surface area contributed by atoms with Gasteiger partial charge in [-0.05, 0) is 111 Å². The average Bonchev–Trinajstić information content (AvgIpc) is 1.49. The number of phosphoric ester groups is 1. The number of nitrogens with one attached hydrogen (secondary N) is 8. The van der Waals surface area contributed by atoms with Crippen molar-refractivity contribution in [1.82, 2.24) is 42.5 Å². The summed E-state index contributed by atoms with van der Waals surface area (Å²) in [6.45, 7) is 13.8. The molecule has 1 heterocycles. The van der Waals surface area contributed by atoms with E-state index < -0.39 is 220 Å². The SMILES string of the molecule is CC(=O)NC1[C@@H](O)[C@@H](O)C(CO)C[C@H]1OCCCNC(=O)CCOCC(COCCC(=O)NCCCO[C@@H]1CC(CO)[C@H](O)[C@H](O)C1NC(C)=O)(COCCC(=O)NCCCO[C@@H]1CC(CO)[C@H](O)[C@H](O)C1NC(C)=O)NC(=O)CCC(=O)NCOC(C)(C)C.CC(C)OP(=O)([O-])OC[C@@H]1C[C@@H](C)CC1C(=O)CCCCOC1OC(CO)C(O)C(O)C1C. The van der Waals surface area contributed by atoms with E-state index in [1.54, 1.807) is 41.5 Å². The smallest absolute Gasteiger partial charge is 0.268 e. The second-order valence-corrected chi connectivity index (χ2v) is 35.3. The van der Waals surface area contributed by atoms with Gasteiger partial charge in [0.05, 0.1) is 125 Å². The maximum Gasteiger partial charge on any atom is 0.268 e. The summed E-state index contributed by atoms with van der Waals surface area (Å²) in [6.07, 6.45) is -11.2. The molecule has 4 aliphatic carbocycles. The lowest BCUT2D eigenvalue weighted by atomic mass is 9.79. The molecule has 0 aromatic rings. The summed E-state index contributed by atoms with van der Waals surface area (Å²) >= 11 is 0. The van der Waals surface area contributed by atoms with Crippen molar-refractivity contribution in [3.05, 3.63) is 0 Å². The minimum absolute atomic E-state index is 0.0472. The molecule has 5 rings (SSSR count). The van der Waals surface area contributed by atoms with Crippen molar-refractivity contribution in [2.75, 3.05) is 125 Å². The number of unbranched alkanes of at least 4 members (excludes halogenated alkanes) is 1. The van der Waals surface area contributed by atoms with Crippen LogP contribution < -0.4 is 47.4 Å². The van der Waals surface area contributed by atoms with Gasteiger partial charge >= 0.3 is 0 Å². The fourth-order valence-corrected chi connectivity index (χ4v) is 16.2. The van der Waals surface area contributed by atoms with Gasteiger partial charge in [0, 0.05) is 155 Å². The molecule has 24 atom stereocenters. The van der Waals surface area contributed by atoms with E-state index in [0.717, 1.165) is 6.42 Å². The summed E-state index contributed by atoms with van der Waals surface area (Å²) in [5.74, 6) is -6.20. The highest BCUT2D eigenvalue weighted by Crippen LogP contribution is 2.45. The molecule has 8 amide bonds. The largest absolute Gasteiger partial charge is 0.756 e. The van der Waals surface area contributed by atoms with E-state index in [-0.39, 0.29) is 161 Å². The summed E-state index contributed by atoms with van der Waals surface area (Å²) in [4.78, 5) is 126. The van der Waals surface area contributed by atoms with Crippen LogP contribution in [0.2, 0.25) is 0 Å². The highest BCUT2D eigenvalue weighted by atomic mass is 31.2. The fourth-order valence-electron chi connectivity index (χ4n) is 15.2. The molecule has 1 aliphatic heterocycles. The number of hydrogen-bond acceptors (Lipinski definition) is 34. The van der Waals surface area contributed by atoms with Crippen molar-refractivity contribution in [2.24, 2.45) is 41.4 Å². The monoisotopic (exact) mass is 1790 g/mol. The molecule has 13 unspecified atom stereocenters. The van der Waals surface area contributed by atoms with Gasteiger partial charge in [0.25, 0.3) is 7.82 Å².